The number of nitrogens with zero attached hydrogens (tertiary/aromatic N) is 6. The van der Waals surface area contributed by atoms with E-state index in [2.05, 4.69) is 45.8 Å². The number of H-pyrrole nitrogens is 1. The van der Waals surface area contributed by atoms with E-state index in [1.165, 1.54) is 0 Å². The number of aromatic nitrogens is 3. The number of hydrogen-bond donors (Lipinski definition) is 1. The smallest absolute Gasteiger partial charge is 0.307 e. The molecule has 3 fully saturated rings. The Hall–Kier alpha value is -4.81. The highest BCUT2D eigenvalue weighted by Crippen LogP contribution is 2.30. The predicted octanol–water partition coefficient (Wildman–Crippen LogP) is 4.85. The van der Waals surface area contributed by atoms with Gasteiger partial charge in [0.15, 0.2) is 6.73 Å². The molecule has 0 saturated carbocycles. The average molecular weight is 750 g/mol. The van der Waals surface area contributed by atoms with Gasteiger partial charge in [0.05, 0.1) is 23.1 Å². The number of pyridine rings is 1. The van der Waals surface area contributed by atoms with Crippen LogP contribution in [0.3, 0.4) is 0 Å². The molecule has 4 aromatic rings. The molecule has 2 aromatic heterocycles. The zero-order valence-corrected chi connectivity index (χ0v) is 32.4. The van der Waals surface area contributed by atoms with Gasteiger partial charge in [-0.05, 0) is 106 Å². The Morgan fingerprint density at radius 2 is 1.69 bits per heavy atom. The van der Waals surface area contributed by atoms with Crippen molar-refractivity contribution in [1.82, 2.24) is 34.4 Å². The number of aryl methyl sites for hydroxylation is 1. The first-order chi connectivity index (χ1) is 26.7. The molecule has 3 aliphatic heterocycles. The number of para-hydroxylation sites is 1. The van der Waals surface area contributed by atoms with Crippen LogP contribution in [0, 0.1) is 12.8 Å². The Balaban J connectivity index is 1.03. The number of rotatable bonds is 12. The number of ether oxygens (including phenoxy) is 1. The number of piperazine rings is 1. The molecule has 3 saturated heterocycles. The Labute approximate surface area is 323 Å². The van der Waals surface area contributed by atoms with Gasteiger partial charge in [0.1, 0.15) is 0 Å². The van der Waals surface area contributed by atoms with Gasteiger partial charge < -0.3 is 19.4 Å². The van der Waals surface area contributed by atoms with E-state index in [9.17, 15) is 19.2 Å². The molecule has 1 atom stereocenters. The minimum Gasteiger partial charge on any atom is -0.444 e. The summed E-state index contributed by atoms with van der Waals surface area (Å²) in [5.41, 5.74) is 4.28. The molecule has 2 amide bonds. The fourth-order valence-electron chi connectivity index (χ4n) is 8.87. The standard InChI is InChI=1S/C43H55N7O5/c1-4-5-10-40(52)55-29-50-38-9-7-6-8-33(38)26-37(43(50)54)32-11-17-48(18-12-32)39(51)27-34(24-31-23-30(2)41-35(25-31)28-44-45-41)42(53)49-21-19-47(20-22-49)36-13-15-46(3)16-14-36/h4,6-9,23,25-26,28,32,34,36H,1,5,10-22,24,27,29H2,2-3H3,(H,44,45)/t34-/m0/s1. The third-order valence-corrected chi connectivity index (χ3v) is 12.1. The maximum absolute atomic E-state index is 14.3. The largest absolute Gasteiger partial charge is 0.444 e. The van der Waals surface area contributed by atoms with Crippen molar-refractivity contribution in [1.29, 1.82) is 0 Å². The second-order valence-electron chi connectivity index (χ2n) is 15.8. The molecule has 12 heteroatoms. The number of amides is 2. The van der Waals surface area contributed by atoms with Gasteiger partial charge in [0.2, 0.25) is 11.8 Å². The molecule has 0 radical (unpaired) electrons. The molecule has 0 spiro atoms. The van der Waals surface area contributed by atoms with Gasteiger partial charge >= 0.3 is 5.97 Å². The zero-order valence-electron chi connectivity index (χ0n) is 32.4. The van der Waals surface area contributed by atoms with E-state index in [4.69, 9.17) is 4.74 Å². The molecular weight excluding hydrogens is 695 g/mol. The summed E-state index contributed by atoms with van der Waals surface area (Å²) in [4.78, 5) is 63.4. The molecule has 0 bridgehead atoms. The van der Waals surface area contributed by atoms with Crippen LogP contribution in [0.2, 0.25) is 0 Å². The van der Waals surface area contributed by atoms with Crippen molar-refractivity contribution in [2.45, 2.75) is 77.0 Å². The van der Waals surface area contributed by atoms with Gasteiger partial charge in [0, 0.05) is 69.1 Å². The molecule has 7 rings (SSSR count). The van der Waals surface area contributed by atoms with Gasteiger partial charge in [-0.2, -0.15) is 5.10 Å². The number of piperidine rings is 2. The molecule has 55 heavy (non-hydrogen) atoms. The first kappa shape index (κ1) is 38.5. The molecule has 5 heterocycles. The molecule has 0 aliphatic carbocycles. The highest BCUT2D eigenvalue weighted by Gasteiger charge is 2.34. The van der Waals surface area contributed by atoms with Crippen molar-refractivity contribution in [3.63, 3.8) is 0 Å². The maximum atomic E-state index is 14.3. The lowest BCUT2D eigenvalue weighted by atomic mass is 9.88. The quantitative estimate of drug-likeness (QED) is 0.161. The van der Waals surface area contributed by atoms with Gasteiger partial charge in [0.25, 0.3) is 5.56 Å². The van der Waals surface area contributed by atoms with Crippen molar-refractivity contribution in [3.05, 3.63) is 88.4 Å². The highest BCUT2D eigenvalue weighted by molar-refractivity contribution is 5.87. The Morgan fingerprint density at radius 3 is 2.44 bits per heavy atom. The fraction of sp³-hybridized carbons (Fsp3) is 0.512. The lowest BCUT2D eigenvalue weighted by Gasteiger charge is -2.43. The van der Waals surface area contributed by atoms with Crippen molar-refractivity contribution in [2.24, 2.45) is 5.92 Å². The summed E-state index contributed by atoms with van der Waals surface area (Å²) in [6.45, 7) is 11.9. The summed E-state index contributed by atoms with van der Waals surface area (Å²) in [7, 11) is 2.18. The minimum absolute atomic E-state index is 0.0229. The second kappa shape index (κ2) is 17.3. The highest BCUT2D eigenvalue weighted by atomic mass is 16.5. The number of hydrogen-bond acceptors (Lipinski definition) is 8. The minimum atomic E-state index is -0.481. The molecular formula is C43H55N7O5. The number of carbonyl (C=O) groups is 3. The molecule has 3 aliphatic rings. The number of carbonyl (C=O) groups excluding carboxylic acids is 3. The first-order valence-electron chi connectivity index (χ1n) is 20.0. The summed E-state index contributed by atoms with van der Waals surface area (Å²) in [5.74, 6) is -0.877. The molecule has 0 unspecified atom stereocenters. The van der Waals surface area contributed by atoms with Crippen LogP contribution in [-0.4, -0.2) is 118 Å². The van der Waals surface area contributed by atoms with Gasteiger partial charge in [-0.15, -0.1) is 6.58 Å². The number of fused-ring (bicyclic) bond motifs is 2. The third kappa shape index (κ3) is 8.86. The monoisotopic (exact) mass is 749 g/mol. The number of aromatic amines is 1. The van der Waals surface area contributed by atoms with Gasteiger partial charge in [-0.3, -0.25) is 33.7 Å². The topological polar surface area (TPSA) is 124 Å². The van der Waals surface area contributed by atoms with E-state index >= 15 is 0 Å². The van der Waals surface area contributed by atoms with Crippen LogP contribution in [0.15, 0.2) is 66.1 Å². The second-order valence-corrected chi connectivity index (χ2v) is 15.8. The Bertz CT molecular complexity index is 2070. The summed E-state index contributed by atoms with van der Waals surface area (Å²) >= 11 is 0. The fourth-order valence-corrected chi connectivity index (χ4v) is 8.87. The van der Waals surface area contributed by atoms with Crippen LogP contribution >= 0.6 is 0 Å². The van der Waals surface area contributed by atoms with E-state index in [0.717, 1.165) is 66.4 Å². The van der Waals surface area contributed by atoms with E-state index in [1.54, 1.807) is 16.8 Å². The molecule has 1 N–H and O–H groups in total. The number of allylic oxidation sites excluding steroid dienone is 1. The average Bonchev–Trinajstić information content (AvgIpc) is 3.69. The lowest BCUT2D eigenvalue weighted by Crippen LogP contribution is -2.55. The van der Waals surface area contributed by atoms with Crippen molar-refractivity contribution in [3.8, 4) is 0 Å². The van der Waals surface area contributed by atoms with Crippen LogP contribution in [-0.2, 0) is 32.3 Å². The predicted molar refractivity (Wildman–Crippen MR) is 214 cm³/mol. The van der Waals surface area contributed by atoms with Crippen LogP contribution in [0.4, 0.5) is 0 Å². The Kier molecular flexibility index (Phi) is 12.1. The number of likely N-dealkylation sites (tertiary alicyclic amines) is 2. The van der Waals surface area contributed by atoms with E-state index < -0.39 is 5.92 Å². The molecule has 2 aromatic carbocycles. The van der Waals surface area contributed by atoms with Crippen LogP contribution in [0.5, 0.6) is 0 Å². The zero-order chi connectivity index (χ0) is 38.5. The summed E-state index contributed by atoms with van der Waals surface area (Å²) in [6, 6.07) is 14.3. The molecule has 292 valence electrons. The summed E-state index contributed by atoms with van der Waals surface area (Å²) in [5, 5.41) is 9.18. The van der Waals surface area contributed by atoms with E-state index in [0.29, 0.717) is 69.0 Å². The van der Waals surface area contributed by atoms with Gasteiger partial charge in [-0.25, -0.2) is 0 Å². The van der Waals surface area contributed by atoms with Crippen LogP contribution in [0.25, 0.3) is 21.8 Å². The lowest BCUT2D eigenvalue weighted by molar-refractivity contribution is -0.147. The Morgan fingerprint density at radius 1 is 0.945 bits per heavy atom. The number of esters is 1. The normalized spacial score (nSPS) is 18.5. The van der Waals surface area contributed by atoms with E-state index in [-0.39, 0.29) is 48.8 Å². The SMILES string of the molecule is C=CCCC(=O)OCn1c(=O)c(C2CCN(C(=O)C[C@H](Cc3cc(C)c4[nH]ncc4c3)C(=O)N3CCN(C4CCN(C)CC4)CC3)CC2)cc2ccccc21. The van der Waals surface area contributed by atoms with Crippen molar-refractivity contribution >= 4 is 39.6 Å². The van der Waals surface area contributed by atoms with E-state index in [1.807, 2.05) is 47.1 Å². The third-order valence-electron chi connectivity index (χ3n) is 12.1. The maximum Gasteiger partial charge on any atom is 0.307 e. The molecule has 12 nitrogen and oxygen atoms in total. The van der Waals surface area contributed by atoms with Gasteiger partial charge in [-0.1, -0.05) is 30.3 Å². The summed E-state index contributed by atoms with van der Waals surface area (Å²) in [6.07, 6.45) is 8.41. The van der Waals surface area contributed by atoms with Crippen molar-refractivity contribution < 1.29 is 19.1 Å². The number of benzene rings is 2. The van der Waals surface area contributed by atoms with Crippen LogP contribution < -0.4 is 5.56 Å². The summed E-state index contributed by atoms with van der Waals surface area (Å²) < 4.78 is 7.04. The first-order valence-corrected chi connectivity index (χ1v) is 20.0. The number of nitrogens with one attached hydrogen (secondary N) is 1. The van der Waals surface area contributed by atoms with Crippen molar-refractivity contribution in [2.75, 3.05) is 59.4 Å². The van der Waals surface area contributed by atoms with Crippen LogP contribution in [0.1, 0.15) is 67.6 Å².